The van der Waals surface area contributed by atoms with Gasteiger partial charge >= 0.3 is 0 Å². The lowest BCUT2D eigenvalue weighted by Gasteiger charge is -2.01. The molecule has 2 aromatic heterocycles. The number of carbonyl (C=O) groups excluding carboxylic acids is 1. The third-order valence-corrected chi connectivity index (χ3v) is 3.85. The molecule has 0 fully saturated rings. The largest absolute Gasteiger partial charge is 0.346 e. The van der Waals surface area contributed by atoms with Gasteiger partial charge in [-0.1, -0.05) is 6.07 Å². The number of thiophene rings is 1. The maximum Gasteiger partial charge on any atom is 0.272 e. The zero-order valence-electron chi connectivity index (χ0n) is 10.7. The number of H-pyrrole nitrogens is 1. The molecule has 2 N–H and O–H groups in total. The van der Waals surface area contributed by atoms with Gasteiger partial charge < -0.3 is 5.32 Å². The Morgan fingerprint density at radius 3 is 3.00 bits per heavy atom. The van der Waals surface area contributed by atoms with Crippen molar-refractivity contribution in [3.8, 4) is 0 Å². The number of aromatic amines is 1. The minimum absolute atomic E-state index is 0.0730. The fourth-order valence-electron chi connectivity index (χ4n) is 1.95. The van der Waals surface area contributed by atoms with Crippen molar-refractivity contribution in [1.82, 2.24) is 15.5 Å². The highest BCUT2D eigenvalue weighted by Crippen LogP contribution is 2.22. The topological polar surface area (TPSA) is 101 Å². The quantitative estimate of drug-likeness (QED) is 0.571. The normalized spacial score (nSPS) is 10.7. The van der Waals surface area contributed by atoms with E-state index in [2.05, 4.69) is 15.5 Å². The molecule has 0 saturated heterocycles. The number of non-ortho nitro benzene ring substituents is 1. The van der Waals surface area contributed by atoms with Gasteiger partial charge in [-0.05, 0) is 17.5 Å². The van der Waals surface area contributed by atoms with Crippen LogP contribution in [0.1, 0.15) is 15.4 Å². The van der Waals surface area contributed by atoms with Crippen molar-refractivity contribution in [2.24, 2.45) is 0 Å². The van der Waals surface area contributed by atoms with E-state index in [-0.39, 0.29) is 17.3 Å². The number of hydrogen-bond acceptors (Lipinski definition) is 5. The van der Waals surface area contributed by atoms with E-state index in [0.717, 1.165) is 4.88 Å². The molecule has 0 atom stereocenters. The van der Waals surface area contributed by atoms with Crippen LogP contribution in [0.15, 0.2) is 35.7 Å². The minimum atomic E-state index is -0.500. The maximum atomic E-state index is 12.1. The summed E-state index contributed by atoms with van der Waals surface area (Å²) in [6.45, 7) is 0.403. The Kier molecular flexibility index (Phi) is 3.36. The third kappa shape index (κ3) is 2.61. The fraction of sp³-hybridized carbons (Fsp3) is 0.0769. The summed E-state index contributed by atoms with van der Waals surface area (Å²) in [4.78, 5) is 23.5. The Bertz CT molecular complexity index is 810. The van der Waals surface area contributed by atoms with Gasteiger partial charge in [0.1, 0.15) is 0 Å². The molecule has 0 spiro atoms. The molecule has 3 rings (SSSR count). The molecule has 0 aliphatic heterocycles. The molecular weight excluding hydrogens is 292 g/mol. The Labute approximate surface area is 122 Å². The van der Waals surface area contributed by atoms with Crippen molar-refractivity contribution in [3.63, 3.8) is 0 Å². The van der Waals surface area contributed by atoms with E-state index in [1.54, 1.807) is 0 Å². The molecular formula is C13H10N4O3S. The summed E-state index contributed by atoms with van der Waals surface area (Å²) in [6.07, 6.45) is 0. The number of hydrogen-bond donors (Lipinski definition) is 2. The molecule has 3 aromatic rings. The number of nitro groups is 1. The van der Waals surface area contributed by atoms with Crippen molar-refractivity contribution < 1.29 is 9.72 Å². The highest BCUT2D eigenvalue weighted by Gasteiger charge is 2.17. The molecule has 0 aliphatic carbocycles. The average Bonchev–Trinajstić information content (AvgIpc) is 3.13. The molecule has 0 bridgehead atoms. The average molecular weight is 302 g/mol. The van der Waals surface area contributed by atoms with Gasteiger partial charge in [0.05, 0.1) is 17.0 Å². The van der Waals surface area contributed by atoms with Crippen molar-refractivity contribution in [3.05, 3.63) is 56.4 Å². The van der Waals surface area contributed by atoms with E-state index >= 15 is 0 Å². The van der Waals surface area contributed by atoms with E-state index in [1.165, 1.54) is 29.5 Å². The van der Waals surface area contributed by atoms with E-state index in [9.17, 15) is 14.9 Å². The molecule has 0 unspecified atom stereocenters. The predicted octanol–water partition coefficient (Wildman–Crippen LogP) is 2.46. The molecule has 0 aliphatic rings. The van der Waals surface area contributed by atoms with E-state index < -0.39 is 4.92 Å². The summed E-state index contributed by atoms with van der Waals surface area (Å²) >= 11 is 1.54. The Balaban J connectivity index is 1.87. The highest BCUT2D eigenvalue weighted by atomic mass is 32.1. The lowest BCUT2D eigenvalue weighted by Crippen LogP contribution is -2.22. The first-order valence-electron chi connectivity index (χ1n) is 6.08. The first kappa shape index (κ1) is 13.3. The Morgan fingerprint density at radius 2 is 2.29 bits per heavy atom. The van der Waals surface area contributed by atoms with Gasteiger partial charge in [-0.2, -0.15) is 5.10 Å². The molecule has 0 radical (unpaired) electrons. The van der Waals surface area contributed by atoms with Crippen molar-refractivity contribution in [1.29, 1.82) is 0 Å². The minimum Gasteiger partial charge on any atom is -0.346 e. The number of carbonyl (C=O) groups is 1. The van der Waals surface area contributed by atoms with E-state index in [0.29, 0.717) is 17.4 Å². The number of aromatic nitrogens is 2. The molecule has 1 aromatic carbocycles. The van der Waals surface area contributed by atoms with Gasteiger partial charge in [0.25, 0.3) is 11.6 Å². The van der Waals surface area contributed by atoms with Gasteiger partial charge in [-0.15, -0.1) is 11.3 Å². The van der Waals surface area contributed by atoms with Crippen molar-refractivity contribution >= 4 is 33.8 Å². The lowest BCUT2D eigenvalue weighted by molar-refractivity contribution is -0.384. The number of rotatable bonds is 4. The van der Waals surface area contributed by atoms with Crippen LogP contribution < -0.4 is 5.32 Å². The standard InChI is InChI=1S/C13H10N4O3S/c18-13(14-7-9-2-1-5-21-9)12-10-6-8(17(19)20)3-4-11(10)15-16-12/h1-6H,7H2,(H,14,18)(H,15,16). The second-order valence-electron chi connectivity index (χ2n) is 4.32. The number of nitro benzene ring substituents is 1. The third-order valence-electron chi connectivity index (χ3n) is 2.98. The van der Waals surface area contributed by atoms with Crippen LogP contribution in [0.3, 0.4) is 0 Å². The predicted molar refractivity (Wildman–Crippen MR) is 78.2 cm³/mol. The highest BCUT2D eigenvalue weighted by molar-refractivity contribution is 7.09. The zero-order chi connectivity index (χ0) is 14.8. The second kappa shape index (κ2) is 5.33. The molecule has 2 heterocycles. The fourth-order valence-corrected chi connectivity index (χ4v) is 2.60. The van der Waals surface area contributed by atoms with Crippen LogP contribution in [-0.4, -0.2) is 21.0 Å². The summed E-state index contributed by atoms with van der Waals surface area (Å²) in [6, 6.07) is 8.07. The lowest BCUT2D eigenvalue weighted by atomic mass is 10.2. The summed E-state index contributed by atoms with van der Waals surface area (Å²) in [5, 5.41) is 22.6. The zero-order valence-corrected chi connectivity index (χ0v) is 11.5. The number of nitrogens with one attached hydrogen (secondary N) is 2. The van der Waals surface area contributed by atoms with Gasteiger partial charge in [0.15, 0.2) is 5.69 Å². The van der Waals surface area contributed by atoms with E-state index in [1.807, 2.05) is 17.5 Å². The van der Waals surface area contributed by atoms with Crippen molar-refractivity contribution in [2.45, 2.75) is 6.54 Å². The van der Waals surface area contributed by atoms with Gasteiger partial charge in [0.2, 0.25) is 0 Å². The molecule has 8 heteroatoms. The van der Waals surface area contributed by atoms with E-state index in [4.69, 9.17) is 0 Å². The molecule has 7 nitrogen and oxygen atoms in total. The van der Waals surface area contributed by atoms with Crippen LogP contribution in [0.25, 0.3) is 10.9 Å². The van der Waals surface area contributed by atoms with Gasteiger partial charge in [-0.3, -0.25) is 20.0 Å². The van der Waals surface area contributed by atoms with Crippen molar-refractivity contribution in [2.75, 3.05) is 0 Å². The van der Waals surface area contributed by atoms with Crippen LogP contribution in [0.4, 0.5) is 5.69 Å². The number of nitrogens with zero attached hydrogens (tertiary/aromatic N) is 2. The smallest absolute Gasteiger partial charge is 0.272 e. The molecule has 0 saturated carbocycles. The number of fused-ring (bicyclic) bond motifs is 1. The molecule has 21 heavy (non-hydrogen) atoms. The van der Waals surface area contributed by atoms with Gasteiger partial charge in [-0.25, -0.2) is 0 Å². The monoisotopic (exact) mass is 302 g/mol. The molecule has 1 amide bonds. The maximum absolute atomic E-state index is 12.1. The van der Waals surface area contributed by atoms with Crippen LogP contribution in [0, 0.1) is 10.1 Å². The Hall–Kier alpha value is -2.74. The summed E-state index contributed by atoms with van der Waals surface area (Å²) in [7, 11) is 0. The first-order chi connectivity index (χ1) is 10.1. The number of benzene rings is 1. The van der Waals surface area contributed by atoms with Crippen LogP contribution >= 0.6 is 11.3 Å². The van der Waals surface area contributed by atoms with Crippen LogP contribution in [-0.2, 0) is 6.54 Å². The van der Waals surface area contributed by atoms with Crippen LogP contribution in [0.2, 0.25) is 0 Å². The molecule has 106 valence electrons. The van der Waals surface area contributed by atoms with Gasteiger partial charge in [0, 0.05) is 22.4 Å². The Morgan fingerprint density at radius 1 is 1.43 bits per heavy atom. The first-order valence-corrected chi connectivity index (χ1v) is 6.96. The summed E-state index contributed by atoms with van der Waals surface area (Å²) in [5.74, 6) is -0.366. The summed E-state index contributed by atoms with van der Waals surface area (Å²) in [5.41, 5.74) is 0.670. The van der Waals surface area contributed by atoms with Crippen LogP contribution in [0.5, 0.6) is 0 Å². The SMILES string of the molecule is O=C(NCc1cccs1)c1n[nH]c2ccc([N+](=O)[O-])cc12. The summed E-state index contributed by atoms with van der Waals surface area (Å²) < 4.78 is 0. The number of amides is 1. The second-order valence-corrected chi connectivity index (χ2v) is 5.35.